The highest BCUT2D eigenvalue weighted by molar-refractivity contribution is 9.10. The number of rotatable bonds is 3. The number of fused-ring (bicyclic) bond motifs is 1. The lowest BCUT2D eigenvalue weighted by Gasteiger charge is -2.10. The van der Waals surface area contributed by atoms with E-state index in [9.17, 15) is 0 Å². The monoisotopic (exact) mass is 273 g/mol. The summed E-state index contributed by atoms with van der Waals surface area (Å²) < 4.78 is 1.41. The summed E-state index contributed by atoms with van der Waals surface area (Å²) in [5, 5.41) is 3.21. The summed E-state index contributed by atoms with van der Waals surface area (Å²) in [5.41, 5.74) is 1.60. The molecule has 1 aromatic heterocycles. The maximum atomic E-state index is 3.75. The molecule has 1 N–H and O–H groups in total. The molecule has 0 saturated carbocycles. The van der Waals surface area contributed by atoms with Crippen molar-refractivity contribution < 1.29 is 0 Å². The van der Waals surface area contributed by atoms with Gasteiger partial charge in [-0.1, -0.05) is 0 Å². The molecular weight excluding hydrogens is 258 g/mol. The van der Waals surface area contributed by atoms with Crippen LogP contribution >= 0.6 is 27.3 Å². The summed E-state index contributed by atoms with van der Waals surface area (Å²) in [6.07, 6.45) is 6.50. The molecule has 0 bridgehead atoms. The van der Waals surface area contributed by atoms with Gasteiger partial charge >= 0.3 is 0 Å². The van der Waals surface area contributed by atoms with Crippen molar-refractivity contribution in [1.82, 2.24) is 5.32 Å². The summed E-state index contributed by atoms with van der Waals surface area (Å²) in [7, 11) is 2.02. The molecular formula is C11H16BrNS. The van der Waals surface area contributed by atoms with E-state index < -0.39 is 0 Å². The third-order valence-corrected chi connectivity index (χ3v) is 5.35. The standard InChI is InChI=1S/C11H16BrNS/c1-13-7-6-10-11(12)8-4-2-3-5-9(8)14-10/h13H,2-7H2,1H3. The molecule has 0 spiro atoms. The number of likely N-dealkylation sites (N-methyl/N-ethyl adjacent to an activating group) is 1. The Morgan fingerprint density at radius 3 is 2.86 bits per heavy atom. The minimum atomic E-state index is 1.08. The maximum Gasteiger partial charge on any atom is 0.0349 e. The fourth-order valence-corrected chi connectivity index (χ4v) is 4.28. The molecule has 0 aromatic carbocycles. The van der Waals surface area contributed by atoms with Crippen LogP contribution in [0.25, 0.3) is 0 Å². The first kappa shape index (κ1) is 10.7. The Hall–Kier alpha value is 0.140. The minimum absolute atomic E-state index is 1.08. The number of thiophene rings is 1. The lowest BCUT2D eigenvalue weighted by molar-refractivity contribution is 0.694. The van der Waals surface area contributed by atoms with Crippen LogP contribution in [0.3, 0.4) is 0 Å². The smallest absolute Gasteiger partial charge is 0.0349 e. The van der Waals surface area contributed by atoms with E-state index in [1.807, 2.05) is 18.4 Å². The van der Waals surface area contributed by atoms with Crippen molar-refractivity contribution >= 4 is 27.3 Å². The topological polar surface area (TPSA) is 12.0 Å². The number of halogens is 1. The second-order valence-electron chi connectivity index (χ2n) is 3.80. The van der Waals surface area contributed by atoms with Crippen molar-refractivity contribution in [2.24, 2.45) is 0 Å². The molecule has 0 unspecified atom stereocenters. The number of nitrogens with one attached hydrogen (secondary N) is 1. The van der Waals surface area contributed by atoms with Gasteiger partial charge in [0.15, 0.2) is 0 Å². The zero-order valence-electron chi connectivity index (χ0n) is 8.53. The van der Waals surface area contributed by atoms with Gasteiger partial charge in [-0.2, -0.15) is 0 Å². The molecule has 1 aliphatic carbocycles. The minimum Gasteiger partial charge on any atom is -0.319 e. The van der Waals surface area contributed by atoms with Gasteiger partial charge in [0.1, 0.15) is 0 Å². The quantitative estimate of drug-likeness (QED) is 0.892. The van der Waals surface area contributed by atoms with E-state index in [-0.39, 0.29) is 0 Å². The van der Waals surface area contributed by atoms with Crippen LogP contribution in [0.1, 0.15) is 28.2 Å². The highest BCUT2D eigenvalue weighted by atomic mass is 79.9. The van der Waals surface area contributed by atoms with Crippen LogP contribution in [0.2, 0.25) is 0 Å². The zero-order valence-corrected chi connectivity index (χ0v) is 10.9. The van der Waals surface area contributed by atoms with E-state index in [0.29, 0.717) is 0 Å². The molecule has 0 amide bonds. The molecule has 1 nitrogen and oxygen atoms in total. The molecule has 3 heteroatoms. The Morgan fingerprint density at radius 2 is 2.14 bits per heavy atom. The van der Waals surface area contributed by atoms with Crippen LogP contribution < -0.4 is 5.32 Å². The Balaban J connectivity index is 2.20. The summed E-state index contributed by atoms with van der Waals surface area (Å²) in [5.74, 6) is 0. The van der Waals surface area contributed by atoms with Crippen molar-refractivity contribution in [2.45, 2.75) is 32.1 Å². The van der Waals surface area contributed by atoms with E-state index in [1.165, 1.54) is 35.0 Å². The second-order valence-corrected chi connectivity index (χ2v) is 5.78. The molecule has 2 rings (SSSR count). The van der Waals surface area contributed by atoms with Gasteiger partial charge in [0.25, 0.3) is 0 Å². The van der Waals surface area contributed by atoms with Crippen LogP contribution in [0.15, 0.2) is 4.47 Å². The normalized spacial score (nSPS) is 15.6. The first-order chi connectivity index (χ1) is 6.83. The lowest BCUT2D eigenvalue weighted by Crippen LogP contribution is -2.09. The average molecular weight is 274 g/mol. The van der Waals surface area contributed by atoms with E-state index in [1.54, 1.807) is 10.4 Å². The zero-order chi connectivity index (χ0) is 9.97. The van der Waals surface area contributed by atoms with E-state index in [2.05, 4.69) is 21.2 Å². The fourth-order valence-electron chi connectivity index (χ4n) is 1.98. The number of aryl methyl sites for hydroxylation is 1. The van der Waals surface area contributed by atoms with Gasteiger partial charge in [0.2, 0.25) is 0 Å². The van der Waals surface area contributed by atoms with Gasteiger partial charge in [-0.15, -0.1) is 11.3 Å². The van der Waals surface area contributed by atoms with Crippen molar-refractivity contribution in [3.8, 4) is 0 Å². The molecule has 1 aromatic rings. The summed E-state index contributed by atoms with van der Waals surface area (Å²) in [4.78, 5) is 3.17. The molecule has 1 heterocycles. The van der Waals surface area contributed by atoms with E-state index in [0.717, 1.165) is 13.0 Å². The second kappa shape index (κ2) is 4.77. The fraction of sp³-hybridized carbons (Fsp3) is 0.636. The van der Waals surface area contributed by atoms with E-state index in [4.69, 9.17) is 0 Å². The summed E-state index contributed by atoms with van der Waals surface area (Å²) in [6.45, 7) is 1.08. The first-order valence-corrected chi connectivity index (χ1v) is 6.87. The van der Waals surface area contributed by atoms with Gasteiger partial charge in [0, 0.05) is 14.2 Å². The first-order valence-electron chi connectivity index (χ1n) is 5.26. The van der Waals surface area contributed by atoms with Crippen LogP contribution in [0.4, 0.5) is 0 Å². The SMILES string of the molecule is CNCCc1sc2c(c1Br)CCCC2. The van der Waals surface area contributed by atoms with Crippen molar-refractivity contribution in [3.63, 3.8) is 0 Å². The maximum absolute atomic E-state index is 3.75. The highest BCUT2D eigenvalue weighted by Gasteiger charge is 2.18. The van der Waals surface area contributed by atoms with Gasteiger partial charge in [0.05, 0.1) is 0 Å². The third kappa shape index (κ3) is 2.05. The van der Waals surface area contributed by atoms with Gasteiger partial charge in [-0.25, -0.2) is 0 Å². The largest absolute Gasteiger partial charge is 0.319 e. The summed E-state index contributed by atoms with van der Waals surface area (Å²) in [6, 6.07) is 0. The molecule has 0 atom stereocenters. The molecule has 0 saturated heterocycles. The Labute approximate surface area is 98.0 Å². The Bertz CT molecular complexity index is 319. The van der Waals surface area contributed by atoms with Crippen LogP contribution in [-0.2, 0) is 19.3 Å². The molecule has 14 heavy (non-hydrogen) atoms. The molecule has 78 valence electrons. The molecule has 1 aliphatic rings. The van der Waals surface area contributed by atoms with Gasteiger partial charge < -0.3 is 5.32 Å². The predicted molar refractivity (Wildman–Crippen MR) is 66.3 cm³/mol. The molecule has 0 aliphatic heterocycles. The van der Waals surface area contributed by atoms with Crippen molar-refractivity contribution in [2.75, 3.05) is 13.6 Å². The Morgan fingerprint density at radius 1 is 1.36 bits per heavy atom. The number of hydrogen-bond acceptors (Lipinski definition) is 2. The van der Waals surface area contributed by atoms with Gasteiger partial charge in [-0.05, 0) is 67.2 Å². The third-order valence-electron chi connectivity index (χ3n) is 2.78. The lowest BCUT2D eigenvalue weighted by atomic mass is 9.99. The van der Waals surface area contributed by atoms with Gasteiger partial charge in [-0.3, -0.25) is 0 Å². The van der Waals surface area contributed by atoms with Crippen LogP contribution in [-0.4, -0.2) is 13.6 Å². The van der Waals surface area contributed by atoms with Crippen LogP contribution in [0.5, 0.6) is 0 Å². The molecule has 0 radical (unpaired) electrons. The average Bonchev–Trinajstić information content (AvgIpc) is 2.54. The number of hydrogen-bond donors (Lipinski definition) is 1. The molecule has 0 fully saturated rings. The Kier molecular flexibility index (Phi) is 3.63. The van der Waals surface area contributed by atoms with E-state index >= 15 is 0 Å². The van der Waals surface area contributed by atoms with Crippen LogP contribution in [0, 0.1) is 0 Å². The predicted octanol–water partition coefficient (Wildman–Crippen LogP) is 3.15. The summed E-state index contributed by atoms with van der Waals surface area (Å²) >= 11 is 5.76. The van der Waals surface area contributed by atoms with Crippen molar-refractivity contribution in [3.05, 3.63) is 19.8 Å². The van der Waals surface area contributed by atoms with Crippen molar-refractivity contribution in [1.29, 1.82) is 0 Å². The highest BCUT2D eigenvalue weighted by Crippen LogP contribution is 2.37.